The van der Waals surface area contributed by atoms with Crippen LogP contribution in [0.2, 0.25) is 0 Å². The lowest BCUT2D eigenvalue weighted by atomic mass is 9.73. The standard InChI is InChI=1S/C22H32FNO5/c1-28-13-3-2-11-22(27,17-6-5-12-24(14-17)21(25)26)18-7-4-8-19(23)20(18)29-15-16-9-10-16/h4,7-8,16-17,27H,2-3,5-6,9-15H2,1H3,(H,25,26)/t17?,22-/m0/s1. The normalized spacial score (nSPS) is 21.6. The molecule has 1 aromatic carbocycles. The van der Waals surface area contributed by atoms with Gasteiger partial charge in [-0.15, -0.1) is 0 Å². The summed E-state index contributed by atoms with van der Waals surface area (Å²) in [6, 6.07) is 4.66. The van der Waals surface area contributed by atoms with E-state index in [2.05, 4.69) is 0 Å². The van der Waals surface area contributed by atoms with E-state index in [0.29, 0.717) is 56.9 Å². The molecular weight excluding hydrogens is 377 g/mol. The maximum absolute atomic E-state index is 14.7. The van der Waals surface area contributed by atoms with Crippen LogP contribution in [0.5, 0.6) is 5.75 Å². The molecule has 1 aliphatic heterocycles. The van der Waals surface area contributed by atoms with Crippen molar-refractivity contribution >= 4 is 6.09 Å². The minimum atomic E-state index is -1.36. The third-order valence-electron chi connectivity index (χ3n) is 6.12. The van der Waals surface area contributed by atoms with Gasteiger partial charge in [0.2, 0.25) is 0 Å². The maximum Gasteiger partial charge on any atom is 0.407 e. The number of rotatable bonds is 10. The number of unbranched alkanes of at least 4 members (excludes halogenated alkanes) is 1. The van der Waals surface area contributed by atoms with Gasteiger partial charge in [0, 0.05) is 38.3 Å². The number of piperidine rings is 1. The lowest BCUT2D eigenvalue weighted by Gasteiger charge is -2.42. The summed E-state index contributed by atoms with van der Waals surface area (Å²) in [5.41, 5.74) is -0.921. The molecule has 7 heteroatoms. The van der Waals surface area contributed by atoms with E-state index in [-0.39, 0.29) is 18.2 Å². The summed E-state index contributed by atoms with van der Waals surface area (Å²) in [7, 11) is 1.63. The molecule has 0 aromatic heterocycles. The van der Waals surface area contributed by atoms with Crippen molar-refractivity contribution in [3.8, 4) is 5.75 Å². The minimum absolute atomic E-state index is 0.112. The molecule has 6 nitrogen and oxygen atoms in total. The first-order valence-electron chi connectivity index (χ1n) is 10.6. The van der Waals surface area contributed by atoms with Crippen LogP contribution in [0.15, 0.2) is 18.2 Å². The lowest BCUT2D eigenvalue weighted by molar-refractivity contribution is -0.0604. The fraction of sp³-hybridized carbons (Fsp3) is 0.682. The Morgan fingerprint density at radius 2 is 2.10 bits per heavy atom. The van der Waals surface area contributed by atoms with Gasteiger partial charge in [0.15, 0.2) is 11.6 Å². The maximum atomic E-state index is 14.7. The molecule has 2 atom stereocenters. The Labute approximate surface area is 171 Å². The fourth-order valence-corrected chi connectivity index (χ4v) is 4.22. The van der Waals surface area contributed by atoms with Gasteiger partial charge in [-0.25, -0.2) is 9.18 Å². The third kappa shape index (κ3) is 5.39. The van der Waals surface area contributed by atoms with E-state index in [1.54, 1.807) is 19.2 Å². The van der Waals surface area contributed by atoms with Crippen LogP contribution in [0.4, 0.5) is 9.18 Å². The van der Waals surface area contributed by atoms with E-state index in [0.717, 1.165) is 19.3 Å². The van der Waals surface area contributed by atoms with E-state index in [1.165, 1.54) is 11.0 Å². The Hall–Kier alpha value is -1.86. The number of ether oxygens (including phenoxy) is 2. The van der Waals surface area contributed by atoms with Gasteiger partial charge in [-0.3, -0.25) is 0 Å². The third-order valence-corrected chi connectivity index (χ3v) is 6.12. The van der Waals surface area contributed by atoms with Crippen molar-refractivity contribution < 1.29 is 28.9 Å². The van der Waals surface area contributed by atoms with Gasteiger partial charge < -0.3 is 24.6 Å². The summed E-state index contributed by atoms with van der Waals surface area (Å²) in [5.74, 6) is -0.236. The number of carbonyl (C=O) groups is 1. The summed E-state index contributed by atoms with van der Waals surface area (Å²) in [4.78, 5) is 12.9. The van der Waals surface area contributed by atoms with Crippen molar-refractivity contribution in [3.05, 3.63) is 29.6 Å². The average Bonchev–Trinajstić information content (AvgIpc) is 3.54. The van der Waals surface area contributed by atoms with Crippen LogP contribution in [0.1, 0.15) is 50.5 Å². The zero-order valence-corrected chi connectivity index (χ0v) is 17.1. The van der Waals surface area contributed by atoms with Gasteiger partial charge in [-0.2, -0.15) is 0 Å². The molecule has 1 saturated heterocycles. The van der Waals surface area contributed by atoms with Gasteiger partial charge in [-0.05, 0) is 56.9 Å². The number of hydrogen-bond acceptors (Lipinski definition) is 4. The summed E-state index contributed by atoms with van der Waals surface area (Å²) in [5, 5.41) is 21.3. The summed E-state index contributed by atoms with van der Waals surface area (Å²) < 4.78 is 25.7. The zero-order valence-electron chi connectivity index (χ0n) is 17.1. The van der Waals surface area contributed by atoms with Crippen LogP contribution in [-0.4, -0.2) is 54.6 Å². The van der Waals surface area contributed by atoms with Gasteiger partial charge in [-0.1, -0.05) is 12.1 Å². The number of nitrogens with zero attached hydrogens (tertiary/aromatic N) is 1. The van der Waals surface area contributed by atoms with Crippen LogP contribution in [-0.2, 0) is 10.3 Å². The number of methoxy groups -OCH3 is 1. The first-order valence-corrected chi connectivity index (χ1v) is 10.6. The highest BCUT2D eigenvalue weighted by Crippen LogP contribution is 2.44. The molecule has 1 amide bonds. The van der Waals surface area contributed by atoms with Crippen molar-refractivity contribution in [3.63, 3.8) is 0 Å². The number of para-hydroxylation sites is 1. The second-order valence-corrected chi connectivity index (χ2v) is 8.31. The van der Waals surface area contributed by atoms with Crippen molar-refractivity contribution in [2.24, 2.45) is 11.8 Å². The Kier molecular flexibility index (Phi) is 7.35. The summed E-state index contributed by atoms with van der Waals surface area (Å²) in [6.07, 6.45) is 4.39. The number of benzene rings is 1. The molecule has 0 bridgehead atoms. The van der Waals surface area contributed by atoms with Crippen molar-refractivity contribution in [2.45, 2.75) is 50.5 Å². The van der Waals surface area contributed by atoms with Gasteiger partial charge in [0.05, 0.1) is 12.2 Å². The fourth-order valence-electron chi connectivity index (χ4n) is 4.22. The van der Waals surface area contributed by atoms with Crippen molar-refractivity contribution in [2.75, 3.05) is 33.4 Å². The van der Waals surface area contributed by atoms with Crippen molar-refractivity contribution in [1.29, 1.82) is 0 Å². The number of likely N-dealkylation sites (tertiary alicyclic amines) is 1. The van der Waals surface area contributed by atoms with Crippen LogP contribution in [0.3, 0.4) is 0 Å². The molecule has 2 fully saturated rings. The monoisotopic (exact) mass is 409 g/mol. The number of aliphatic hydroxyl groups is 1. The predicted octanol–water partition coefficient (Wildman–Crippen LogP) is 4.01. The number of carboxylic acid groups (broad SMARTS) is 1. The van der Waals surface area contributed by atoms with Gasteiger partial charge >= 0.3 is 6.09 Å². The molecule has 1 saturated carbocycles. The highest BCUT2D eigenvalue weighted by Gasteiger charge is 2.43. The van der Waals surface area contributed by atoms with Crippen LogP contribution in [0, 0.1) is 17.7 Å². The molecule has 1 unspecified atom stereocenters. The number of hydrogen-bond donors (Lipinski definition) is 2. The molecule has 3 rings (SSSR count). The topological polar surface area (TPSA) is 79.2 Å². The highest BCUT2D eigenvalue weighted by molar-refractivity contribution is 5.65. The molecule has 0 radical (unpaired) electrons. The largest absolute Gasteiger partial charge is 0.490 e. The second kappa shape index (κ2) is 9.76. The molecule has 1 heterocycles. The van der Waals surface area contributed by atoms with E-state index in [1.807, 2.05) is 0 Å². The average molecular weight is 409 g/mol. The Bertz CT molecular complexity index is 696. The Morgan fingerprint density at radius 3 is 2.79 bits per heavy atom. The van der Waals surface area contributed by atoms with E-state index >= 15 is 0 Å². The first-order chi connectivity index (χ1) is 14.0. The molecule has 1 aliphatic carbocycles. The quantitative estimate of drug-likeness (QED) is 0.571. The van der Waals surface area contributed by atoms with Crippen LogP contribution in [0.25, 0.3) is 0 Å². The number of halogens is 1. The van der Waals surface area contributed by atoms with E-state index in [9.17, 15) is 19.4 Å². The Balaban J connectivity index is 1.89. The van der Waals surface area contributed by atoms with Crippen LogP contribution >= 0.6 is 0 Å². The van der Waals surface area contributed by atoms with Gasteiger partial charge in [0.1, 0.15) is 0 Å². The second-order valence-electron chi connectivity index (χ2n) is 8.31. The van der Waals surface area contributed by atoms with Gasteiger partial charge in [0.25, 0.3) is 0 Å². The highest BCUT2D eigenvalue weighted by atomic mass is 19.1. The predicted molar refractivity (Wildman–Crippen MR) is 107 cm³/mol. The minimum Gasteiger partial charge on any atom is -0.490 e. The Morgan fingerprint density at radius 1 is 1.31 bits per heavy atom. The zero-order chi connectivity index (χ0) is 20.9. The molecule has 2 aliphatic rings. The van der Waals surface area contributed by atoms with E-state index < -0.39 is 17.5 Å². The molecule has 2 N–H and O–H groups in total. The molecule has 162 valence electrons. The first kappa shape index (κ1) is 21.8. The lowest BCUT2D eigenvalue weighted by Crippen LogP contribution is -2.48. The summed E-state index contributed by atoms with van der Waals surface area (Å²) >= 11 is 0. The molecular formula is C22H32FNO5. The van der Waals surface area contributed by atoms with Crippen LogP contribution < -0.4 is 4.74 Å². The number of amides is 1. The van der Waals surface area contributed by atoms with Crippen molar-refractivity contribution in [1.82, 2.24) is 4.90 Å². The smallest absolute Gasteiger partial charge is 0.407 e. The SMILES string of the molecule is COCCCC[C@@](O)(c1cccc(F)c1OCC1CC1)C1CCCN(C(=O)O)C1. The molecule has 29 heavy (non-hydrogen) atoms. The summed E-state index contributed by atoms with van der Waals surface area (Å²) in [6.45, 7) is 1.71. The van der Waals surface area contributed by atoms with E-state index in [4.69, 9.17) is 9.47 Å². The molecule has 1 aromatic rings. The molecule has 0 spiro atoms.